The summed E-state index contributed by atoms with van der Waals surface area (Å²) in [4.78, 5) is 0. The van der Waals surface area contributed by atoms with Gasteiger partial charge in [-0.25, -0.2) is 0 Å². The number of likely N-dealkylation sites (N-methyl/N-ethyl adjacent to an activating group) is 1. The molecule has 15 heavy (non-hydrogen) atoms. The molecule has 0 aliphatic carbocycles. The second-order valence-electron chi connectivity index (χ2n) is 4.17. The molecule has 1 nitrogen and oxygen atoms in total. The molecular weight excluding hydrogens is 202 g/mol. The molecule has 0 aliphatic heterocycles. The molecule has 2 heteroatoms. The van der Waals surface area contributed by atoms with Crippen LogP contribution in [0.5, 0.6) is 0 Å². The number of unbranched alkanes of at least 4 members (excludes halogenated alkanes) is 3. The van der Waals surface area contributed by atoms with E-state index in [1.807, 2.05) is 0 Å². The third-order valence-corrected chi connectivity index (χ3v) is 3.61. The highest BCUT2D eigenvalue weighted by molar-refractivity contribution is 7.07. The summed E-state index contributed by atoms with van der Waals surface area (Å²) in [5.41, 5.74) is 1.48. The third kappa shape index (κ3) is 5.33. The molecule has 0 aromatic carbocycles. The van der Waals surface area contributed by atoms with Crippen molar-refractivity contribution >= 4 is 11.3 Å². The van der Waals surface area contributed by atoms with Gasteiger partial charge in [-0.1, -0.05) is 32.6 Å². The van der Waals surface area contributed by atoms with Crippen molar-refractivity contribution in [3.8, 4) is 0 Å². The van der Waals surface area contributed by atoms with Crippen LogP contribution in [-0.4, -0.2) is 13.1 Å². The smallest absolute Gasteiger partial charge is 0.0105 e. The van der Waals surface area contributed by atoms with Gasteiger partial charge in [0.2, 0.25) is 0 Å². The lowest BCUT2D eigenvalue weighted by Gasteiger charge is -2.15. The fraction of sp³-hybridized carbons (Fsp3) is 0.692. The van der Waals surface area contributed by atoms with Crippen LogP contribution < -0.4 is 5.32 Å². The van der Waals surface area contributed by atoms with Crippen molar-refractivity contribution in [3.63, 3.8) is 0 Å². The molecule has 1 aromatic heterocycles. The Morgan fingerprint density at radius 2 is 2.20 bits per heavy atom. The molecule has 86 valence electrons. The fourth-order valence-electron chi connectivity index (χ4n) is 1.86. The molecule has 0 saturated carbocycles. The molecule has 0 spiro atoms. The van der Waals surface area contributed by atoms with E-state index >= 15 is 0 Å². The SMILES string of the molecule is CCCCCCC(Cc1ccsc1)NC. The zero-order valence-electron chi connectivity index (χ0n) is 9.96. The number of thiophene rings is 1. The molecule has 1 atom stereocenters. The van der Waals surface area contributed by atoms with Gasteiger partial charge in [0.25, 0.3) is 0 Å². The van der Waals surface area contributed by atoms with E-state index in [1.54, 1.807) is 11.3 Å². The lowest BCUT2D eigenvalue weighted by Crippen LogP contribution is -2.27. The van der Waals surface area contributed by atoms with E-state index in [0.717, 1.165) is 0 Å². The Morgan fingerprint density at radius 1 is 1.33 bits per heavy atom. The van der Waals surface area contributed by atoms with Crippen LogP contribution in [0.15, 0.2) is 16.8 Å². The molecule has 0 bridgehead atoms. The second-order valence-corrected chi connectivity index (χ2v) is 4.95. The molecule has 0 amide bonds. The Kier molecular flexibility index (Phi) is 6.69. The molecule has 1 unspecified atom stereocenters. The predicted octanol–water partition coefficient (Wildman–Crippen LogP) is 3.85. The average molecular weight is 225 g/mol. The zero-order chi connectivity index (χ0) is 10.9. The molecule has 0 radical (unpaired) electrons. The highest BCUT2D eigenvalue weighted by Gasteiger charge is 2.06. The molecule has 1 N–H and O–H groups in total. The van der Waals surface area contributed by atoms with Crippen LogP contribution in [0.3, 0.4) is 0 Å². The largest absolute Gasteiger partial charge is 0.317 e. The maximum absolute atomic E-state index is 3.42. The Morgan fingerprint density at radius 3 is 2.80 bits per heavy atom. The summed E-state index contributed by atoms with van der Waals surface area (Å²) in [5.74, 6) is 0. The van der Waals surface area contributed by atoms with E-state index in [0.29, 0.717) is 6.04 Å². The minimum absolute atomic E-state index is 0.663. The van der Waals surface area contributed by atoms with Crippen LogP contribution in [0.4, 0.5) is 0 Å². The molecule has 0 aliphatic rings. The zero-order valence-corrected chi connectivity index (χ0v) is 10.8. The third-order valence-electron chi connectivity index (χ3n) is 2.88. The van der Waals surface area contributed by atoms with Crippen LogP contribution in [0.1, 0.15) is 44.6 Å². The standard InChI is InChI=1S/C13H23NS/c1-3-4-5-6-7-13(14-2)10-12-8-9-15-11-12/h8-9,11,13-14H,3-7,10H2,1-2H3. The molecule has 0 fully saturated rings. The fourth-order valence-corrected chi connectivity index (χ4v) is 2.54. The van der Waals surface area contributed by atoms with Crippen LogP contribution in [0.2, 0.25) is 0 Å². The van der Waals surface area contributed by atoms with E-state index in [-0.39, 0.29) is 0 Å². The maximum atomic E-state index is 3.42. The van der Waals surface area contributed by atoms with Crippen molar-refractivity contribution < 1.29 is 0 Å². The van der Waals surface area contributed by atoms with E-state index in [9.17, 15) is 0 Å². The summed E-state index contributed by atoms with van der Waals surface area (Å²) >= 11 is 1.80. The Balaban J connectivity index is 2.18. The number of nitrogens with one attached hydrogen (secondary N) is 1. The molecule has 1 heterocycles. The quantitative estimate of drug-likeness (QED) is 0.663. The first-order chi connectivity index (χ1) is 7.36. The van der Waals surface area contributed by atoms with Crippen LogP contribution in [0.25, 0.3) is 0 Å². The summed E-state index contributed by atoms with van der Waals surface area (Å²) in [6, 6.07) is 2.90. The number of hydrogen-bond acceptors (Lipinski definition) is 2. The Hall–Kier alpha value is -0.340. The number of hydrogen-bond donors (Lipinski definition) is 1. The van der Waals surface area contributed by atoms with Crippen molar-refractivity contribution in [3.05, 3.63) is 22.4 Å². The normalized spacial score (nSPS) is 12.9. The summed E-state index contributed by atoms with van der Waals surface area (Å²) in [6.07, 6.45) is 7.96. The van der Waals surface area contributed by atoms with E-state index < -0.39 is 0 Å². The van der Waals surface area contributed by atoms with Crippen molar-refractivity contribution in [1.29, 1.82) is 0 Å². The van der Waals surface area contributed by atoms with Gasteiger partial charge in [-0.2, -0.15) is 11.3 Å². The topological polar surface area (TPSA) is 12.0 Å². The lowest BCUT2D eigenvalue weighted by atomic mass is 10.0. The van der Waals surface area contributed by atoms with Crippen LogP contribution >= 0.6 is 11.3 Å². The minimum Gasteiger partial charge on any atom is -0.317 e. The van der Waals surface area contributed by atoms with Crippen LogP contribution in [-0.2, 0) is 6.42 Å². The number of rotatable bonds is 8. The summed E-state index contributed by atoms with van der Waals surface area (Å²) in [5, 5.41) is 7.85. The first-order valence-corrected chi connectivity index (χ1v) is 6.99. The first-order valence-electron chi connectivity index (χ1n) is 6.05. The van der Waals surface area contributed by atoms with Gasteiger partial charge in [0.05, 0.1) is 0 Å². The Labute approximate surface area is 97.9 Å². The lowest BCUT2D eigenvalue weighted by molar-refractivity contribution is 0.485. The van der Waals surface area contributed by atoms with E-state index in [2.05, 4.69) is 36.1 Å². The second kappa shape index (κ2) is 7.89. The van der Waals surface area contributed by atoms with Gasteiger partial charge in [-0.15, -0.1) is 0 Å². The van der Waals surface area contributed by atoms with Crippen molar-refractivity contribution in [2.24, 2.45) is 0 Å². The Bertz CT molecular complexity index is 231. The molecule has 0 saturated heterocycles. The predicted molar refractivity (Wildman–Crippen MR) is 69.6 cm³/mol. The highest BCUT2D eigenvalue weighted by atomic mass is 32.1. The van der Waals surface area contributed by atoms with Crippen LogP contribution in [0, 0.1) is 0 Å². The van der Waals surface area contributed by atoms with Gasteiger partial charge in [0.1, 0.15) is 0 Å². The van der Waals surface area contributed by atoms with Crippen molar-refractivity contribution in [2.45, 2.75) is 51.5 Å². The monoisotopic (exact) mass is 225 g/mol. The first kappa shape index (κ1) is 12.7. The summed E-state index contributed by atoms with van der Waals surface area (Å²) < 4.78 is 0. The van der Waals surface area contributed by atoms with Crippen molar-refractivity contribution in [1.82, 2.24) is 5.32 Å². The van der Waals surface area contributed by atoms with Gasteiger partial charge in [-0.3, -0.25) is 0 Å². The van der Waals surface area contributed by atoms with Crippen molar-refractivity contribution in [2.75, 3.05) is 7.05 Å². The van der Waals surface area contributed by atoms with Gasteiger partial charge >= 0.3 is 0 Å². The van der Waals surface area contributed by atoms with Gasteiger partial charge in [0, 0.05) is 6.04 Å². The van der Waals surface area contributed by atoms with Gasteiger partial charge in [0.15, 0.2) is 0 Å². The summed E-state index contributed by atoms with van der Waals surface area (Å²) in [6.45, 7) is 2.26. The maximum Gasteiger partial charge on any atom is 0.0105 e. The van der Waals surface area contributed by atoms with E-state index in [1.165, 1.54) is 44.1 Å². The minimum atomic E-state index is 0.663. The van der Waals surface area contributed by atoms with Gasteiger partial charge in [-0.05, 0) is 42.3 Å². The molecule has 1 aromatic rings. The highest BCUT2D eigenvalue weighted by Crippen LogP contribution is 2.12. The molecule has 1 rings (SSSR count). The molecular formula is C13H23NS. The van der Waals surface area contributed by atoms with E-state index in [4.69, 9.17) is 0 Å². The average Bonchev–Trinajstić information content (AvgIpc) is 2.75. The van der Waals surface area contributed by atoms with Gasteiger partial charge < -0.3 is 5.32 Å². The summed E-state index contributed by atoms with van der Waals surface area (Å²) in [7, 11) is 2.08.